The van der Waals surface area contributed by atoms with E-state index in [4.69, 9.17) is 5.11 Å². The van der Waals surface area contributed by atoms with Gasteiger partial charge in [0.1, 0.15) is 0 Å². The summed E-state index contributed by atoms with van der Waals surface area (Å²) < 4.78 is 0. The van der Waals surface area contributed by atoms with Crippen LogP contribution >= 0.6 is 55.8 Å². The zero-order chi connectivity index (χ0) is 14.9. The Morgan fingerprint density at radius 2 is 1.35 bits per heavy atom. The summed E-state index contributed by atoms with van der Waals surface area (Å²) in [6, 6.07) is 0. The van der Waals surface area contributed by atoms with Crippen LogP contribution < -0.4 is 0 Å². The molecule has 0 heterocycles. The van der Waals surface area contributed by atoms with Crippen LogP contribution in [0.1, 0.15) is 38.5 Å². The number of hydrogen-bond donors (Lipinski definition) is 2. The number of hydrogen-bond acceptors (Lipinski definition) is 6. The Hall–Kier alpha value is 1.71. The van der Waals surface area contributed by atoms with Crippen molar-refractivity contribution >= 4 is 55.8 Å². The molecule has 0 bridgehead atoms. The van der Waals surface area contributed by atoms with Crippen molar-refractivity contribution in [3.05, 3.63) is 0 Å². The van der Waals surface area contributed by atoms with Crippen molar-refractivity contribution in [1.29, 1.82) is 0 Å². The lowest BCUT2D eigenvalue weighted by Crippen LogP contribution is -2.35. The number of aliphatic hydroxyl groups is 1. The van der Waals surface area contributed by atoms with Crippen LogP contribution in [0.3, 0.4) is 0 Å². The third-order valence-electron chi connectivity index (χ3n) is 4.47. The minimum atomic E-state index is 0.313. The van der Waals surface area contributed by atoms with Crippen LogP contribution in [-0.4, -0.2) is 41.5 Å². The Morgan fingerprint density at radius 3 is 1.60 bits per heavy atom. The molecule has 20 heavy (non-hydrogen) atoms. The molecule has 2 saturated carbocycles. The fourth-order valence-electron chi connectivity index (χ4n) is 2.42. The summed E-state index contributed by atoms with van der Waals surface area (Å²) in [5.41, 5.74) is 0.935. The topological polar surface area (TPSA) is 20.2 Å². The molecule has 0 atom stereocenters. The molecule has 0 saturated heterocycles. The van der Waals surface area contributed by atoms with Crippen molar-refractivity contribution in [1.82, 2.24) is 0 Å². The first kappa shape index (κ1) is 19.8. The van der Waals surface area contributed by atoms with Crippen LogP contribution in [-0.2, 0) is 0 Å². The fourth-order valence-corrected chi connectivity index (χ4v) is 6.71. The second-order valence-electron chi connectivity index (χ2n) is 5.88. The van der Waals surface area contributed by atoms with Gasteiger partial charge in [-0.1, -0.05) is 56.0 Å². The maximum absolute atomic E-state index is 9.04. The van der Waals surface area contributed by atoms with Crippen LogP contribution in [0.25, 0.3) is 0 Å². The lowest BCUT2D eigenvalue weighted by molar-refractivity contribution is 0.0688. The first-order valence-electron chi connectivity index (χ1n) is 7.19. The highest BCUT2D eigenvalue weighted by molar-refractivity contribution is 8.76. The van der Waals surface area contributed by atoms with E-state index >= 15 is 0 Å². The predicted molar refractivity (Wildman–Crippen MR) is 105 cm³/mol. The maximum Gasteiger partial charge on any atom is 0.0495 e. The second-order valence-corrected chi connectivity index (χ2v) is 11.3. The molecule has 2 rings (SSSR count). The highest BCUT2D eigenvalue weighted by Crippen LogP contribution is 2.46. The molecule has 1 nitrogen and oxygen atoms in total. The summed E-state index contributed by atoms with van der Waals surface area (Å²) >= 11 is 4.38. The molecule has 0 aromatic heterocycles. The van der Waals surface area contributed by atoms with E-state index in [0.29, 0.717) is 17.4 Å². The Morgan fingerprint density at radius 1 is 0.900 bits per heavy atom. The molecule has 0 amide bonds. The summed E-state index contributed by atoms with van der Waals surface area (Å²) in [4.78, 5) is 0. The van der Waals surface area contributed by atoms with E-state index in [9.17, 15) is 0 Å². The molecule has 6 heteroatoms. The van der Waals surface area contributed by atoms with Gasteiger partial charge < -0.3 is 5.11 Å². The maximum atomic E-state index is 9.04. The van der Waals surface area contributed by atoms with Crippen molar-refractivity contribution < 1.29 is 5.11 Å². The van der Waals surface area contributed by atoms with Gasteiger partial charge in [-0.05, 0) is 49.4 Å². The van der Waals surface area contributed by atoms with Gasteiger partial charge in [-0.25, -0.2) is 0 Å². The SMILES string of the molecule is CSSCC1(CO)CCC1.CSSCC1(CS)CCC1. The number of aliphatic hydroxyl groups excluding tert-OH is 1. The number of rotatable bonds is 8. The molecule has 120 valence electrons. The summed E-state index contributed by atoms with van der Waals surface area (Å²) in [5, 5.41) is 9.04. The van der Waals surface area contributed by atoms with Crippen LogP contribution in [0.2, 0.25) is 0 Å². The summed E-state index contributed by atoms with van der Waals surface area (Å²) in [6.45, 7) is 0.389. The van der Waals surface area contributed by atoms with Crippen molar-refractivity contribution in [2.75, 3.05) is 36.4 Å². The average molecular weight is 373 g/mol. The molecule has 1 N–H and O–H groups in total. The number of thiol groups is 1. The zero-order valence-corrected chi connectivity index (χ0v) is 16.8. The standard InChI is InChI=1S/C7H14OS2.C7H14S3/c2*1-9-10-6-7(5-8)3-2-4-7/h2*8H,2-6H2,1H3. The third kappa shape index (κ3) is 6.07. The highest BCUT2D eigenvalue weighted by Gasteiger charge is 2.36. The first-order chi connectivity index (χ1) is 9.66. The van der Waals surface area contributed by atoms with E-state index in [1.54, 1.807) is 10.8 Å². The minimum Gasteiger partial charge on any atom is -0.396 e. The quantitative estimate of drug-likeness (QED) is 0.446. The van der Waals surface area contributed by atoms with Crippen LogP contribution in [0.4, 0.5) is 0 Å². The van der Waals surface area contributed by atoms with Crippen LogP contribution in [0.15, 0.2) is 0 Å². The van der Waals surface area contributed by atoms with Gasteiger partial charge >= 0.3 is 0 Å². The van der Waals surface area contributed by atoms with E-state index in [2.05, 4.69) is 25.1 Å². The molecule has 0 spiro atoms. The Bertz CT molecular complexity index is 217. The molecule has 2 aliphatic carbocycles. The Kier molecular flexibility index (Phi) is 10.4. The Labute approximate surface area is 146 Å². The lowest BCUT2D eigenvalue weighted by Gasteiger charge is -2.40. The zero-order valence-electron chi connectivity index (χ0n) is 12.6. The minimum absolute atomic E-state index is 0.313. The smallest absolute Gasteiger partial charge is 0.0495 e. The van der Waals surface area contributed by atoms with E-state index in [0.717, 1.165) is 11.5 Å². The van der Waals surface area contributed by atoms with Crippen molar-refractivity contribution in [2.24, 2.45) is 10.8 Å². The van der Waals surface area contributed by atoms with Crippen LogP contribution in [0.5, 0.6) is 0 Å². The molecular formula is C14H28OS5. The van der Waals surface area contributed by atoms with Gasteiger partial charge in [0.25, 0.3) is 0 Å². The van der Waals surface area contributed by atoms with Gasteiger partial charge in [0, 0.05) is 23.5 Å². The molecular weight excluding hydrogens is 344 g/mol. The first-order valence-corrected chi connectivity index (χ1v) is 13.3. The van der Waals surface area contributed by atoms with Crippen LogP contribution in [0, 0.1) is 10.8 Å². The predicted octanol–water partition coefficient (Wildman–Crippen LogP) is 5.26. The van der Waals surface area contributed by atoms with Gasteiger partial charge in [-0.15, -0.1) is 0 Å². The van der Waals surface area contributed by atoms with E-state index in [1.165, 1.54) is 44.3 Å². The lowest BCUT2D eigenvalue weighted by atomic mass is 9.71. The van der Waals surface area contributed by atoms with Gasteiger partial charge in [0.2, 0.25) is 0 Å². The summed E-state index contributed by atoms with van der Waals surface area (Å²) in [5.74, 6) is 3.52. The molecule has 2 fully saturated rings. The van der Waals surface area contributed by atoms with Gasteiger partial charge in [-0.3, -0.25) is 0 Å². The Balaban J connectivity index is 0.000000200. The summed E-state index contributed by atoms with van der Waals surface area (Å²) in [6.07, 6.45) is 12.3. The normalized spacial score (nSPS) is 22.2. The third-order valence-corrected chi connectivity index (χ3v) is 9.19. The highest BCUT2D eigenvalue weighted by atomic mass is 33.1. The van der Waals surface area contributed by atoms with Gasteiger partial charge in [0.15, 0.2) is 0 Å². The van der Waals surface area contributed by atoms with E-state index < -0.39 is 0 Å². The molecule has 0 aromatic carbocycles. The van der Waals surface area contributed by atoms with Crippen molar-refractivity contribution in [3.8, 4) is 0 Å². The van der Waals surface area contributed by atoms with Gasteiger partial charge in [-0.2, -0.15) is 12.6 Å². The van der Waals surface area contributed by atoms with Crippen molar-refractivity contribution in [3.63, 3.8) is 0 Å². The monoisotopic (exact) mass is 372 g/mol. The average Bonchev–Trinajstić information content (AvgIpc) is 2.38. The van der Waals surface area contributed by atoms with E-state index in [-0.39, 0.29) is 0 Å². The molecule has 0 radical (unpaired) electrons. The molecule has 0 unspecified atom stereocenters. The second kappa shape index (κ2) is 10.5. The fraction of sp³-hybridized carbons (Fsp3) is 1.00. The molecule has 2 aliphatic rings. The molecule has 0 aliphatic heterocycles. The van der Waals surface area contributed by atoms with E-state index in [1.807, 2.05) is 32.4 Å². The summed E-state index contributed by atoms with van der Waals surface area (Å²) in [7, 11) is 7.53. The molecule has 0 aromatic rings. The van der Waals surface area contributed by atoms with Crippen molar-refractivity contribution in [2.45, 2.75) is 38.5 Å². The van der Waals surface area contributed by atoms with Gasteiger partial charge in [0.05, 0.1) is 0 Å². The largest absolute Gasteiger partial charge is 0.396 e.